The molecule has 0 spiro atoms. The Hall–Kier alpha value is -1.82. The van der Waals surface area contributed by atoms with Gasteiger partial charge in [0, 0.05) is 43.0 Å². The topological polar surface area (TPSA) is 59.0 Å². The Bertz CT molecular complexity index is 543. The average Bonchev–Trinajstić information content (AvgIpc) is 3.02. The summed E-state index contributed by atoms with van der Waals surface area (Å²) >= 11 is 1.45. The van der Waals surface area contributed by atoms with Crippen LogP contribution >= 0.6 is 11.3 Å². The highest BCUT2D eigenvalue weighted by Gasteiger charge is 2.26. The third-order valence-corrected chi connectivity index (χ3v) is 3.95. The van der Waals surface area contributed by atoms with Crippen molar-refractivity contribution in [2.75, 3.05) is 13.1 Å². The van der Waals surface area contributed by atoms with Crippen LogP contribution in [0.3, 0.4) is 0 Å². The van der Waals surface area contributed by atoms with Gasteiger partial charge < -0.3 is 4.90 Å². The Kier molecular flexibility index (Phi) is 3.50. The Morgan fingerprint density at radius 3 is 3.05 bits per heavy atom. The molecule has 0 unspecified atom stereocenters. The average molecular weight is 274 g/mol. The van der Waals surface area contributed by atoms with Crippen LogP contribution in [0, 0.1) is 0 Å². The normalized spacial score (nSPS) is 19.4. The fraction of sp³-hybridized carbons (Fsp3) is 0.385. The van der Waals surface area contributed by atoms with E-state index in [0.717, 1.165) is 25.1 Å². The summed E-state index contributed by atoms with van der Waals surface area (Å²) in [6.07, 6.45) is 7.22. The SMILES string of the molecule is O=C(c1cscn1)N1CCC[C@@H](c2cnccn2)C1. The van der Waals surface area contributed by atoms with Crippen LogP contribution in [0.2, 0.25) is 0 Å². The van der Waals surface area contributed by atoms with Gasteiger partial charge in [0.1, 0.15) is 5.69 Å². The lowest BCUT2D eigenvalue weighted by atomic mass is 9.95. The van der Waals surface area contributed by atoms with Crippen LogP contribution in [-0.4, -0.2) is 38.8 Å². The minimum Gasteiger partial charge on any atom is -0.337 e. The summed E-state index contributed by atoms with van der Waals surface area (Å²) < 4.78 is 0. The summed E-state index contributed by atoms with van der Waals surface area (Å²) in [5.74, 6) is 0.305. The number of hydrogen-bond acceptors (Lipinski definition) is 5. The Labute approximate surface area is 115 Å². The molecule has 0 N–H and O–H groups in total. The standard InChI is InChI=1S/C13H14N4OS/c18-13(12-8-19-9-16-12)17-5-1-2-10(7-17)11-6-14-3-4-15-11/h3-4,6,8-10H,1-2,5,7H2/t10-/m1/s1. The summed E-state index contributed by atoms with van der Waals surface area (Å²) in [4.78, 5) is 26.7. The first-order valence-corrected chi connectivity index (χ1v) is 7.22. The third-order valence-electron chi connectivity index (χ3n) is 3.36. The molecule has 98 valence electrons. The molecular formula is C13H14N4OS. The molecule has 0 saturated carbocycles. The molecule has 3 heterocycles. The van der Waals surface area contributed by atoms with E-state index in [1.165, 1.54) is 11.3 Å². The van der Waals surface area contributed by atoms with Gasteiger partial charge in [-0.25, -0.2) is 4.98 Å². The van der Waals surface area contributed by atoms with Crippen molar-refractivity contribution in [1.29, 1.82) is 0 Å². The molecule has 0 aromatic carbocycles. The van der Waals surface area contributed by atoms with Gasteiger partial charge in [0.05, 0.1) is 11.2 Å². The van der Waals surface area contributed by atoms with E-state index in [4.69, 9.17) is 0 Å². The number of carbonyl (C=O) groups is 1. The predicted molar refractivity (Wildman–Crippen MR) is 72.0 cm³/mol. The fourth-order valence-corrected chi connectivity index (χ4v) is 2.93. The number of rotatable bonds is 2. The maximum Gasteiger partial charge on any atom is 0.273 e. The number of thiazole rings is 1. The molecule has 0 bridgehead atoms. The minimum atomic E-state index is 0.0230. The van der Waals surface area contributed by atoms with Gasteiger partial charge in [-0.2, -0.15) is 0 Å². The van der Waals surface area contributed by atoms with E-state index >= 15 is 0 Å². The quantitative estimate of drug-likeness (QED) is 0.840. The summed E-state index contributed by atoms with van der Waals surface area (Å²) in [5.41, 5.74) is 3.21. The van der Waals surface area contributed by atoms with Crippen LogP contribution in [0.15, 0.2) is 29.5 Å². The molecule has 0 radical (unpaired) electrons. The summed E-state index contributed by atoms with van der Waals surface area (Å²) in [7, 11) is 0. The number of likely N-dealkylation sites (tertiary alicyclic amines) is 1. The zero-order valence-electron chi connectivity index (χ0n) is 10.4. The number of piperidine rings is 1. The second-order valence-electron chi connectivity index (χ2n) is 4.59. The molecule has 0 aliphatic carbocycles. The van der Waals surface area contributed by atoms with Gasteiger partial charge in [-0.05, 0) is 12.8 Å². The molecule has 1 aliphatic heterocycles. The van der Waals surface area contributed by atoms with Crippen LogP contribution in [-0.2, 0) is 0 Å². The van der Waals surface area contributed by atoms with E-state index in [9.17, 15) is 4.79 Å². The zero-order valence-corrected chi connectivity index (χ0v) is 11.2. The highest BCUT2D eigenvalue weighted by molar-refractivity contribution is 7.07. The van der Waals surface area contributed by atoms with Crippen LogP contribution < -0.4 is 0 Å². The van der Waals surface area contributed by atoms with Crippen molar-refractivity contribution in [3.05, 3.63) is 40.9 Å². The van der Waals surface area contributed by atoms with Crippen molar-refractivity contribution < 1.29 is 4.79 Å². The number of nitrogens with zero attached hydrogens (tertiary/aromatic N) is 4. The smallest absolute Gasteiger partial charge is 0.273 e. The van der Waals surface area contributed by atoms with E-state index in [2.05, 4.69) is 15.0 Å². The first-order chi connectivity index (χ1) is 9.34. The molecule has 1 atom stereocenters. The molecule has 1 saturated heterocycles. The van der Waals surface area contributed by atoms with Crippen molar-refractivity contribution in [2.24, 2.45) is 0 Å². The number of carbonyl (C=O) groups excluding carboxylic acids is 1. The van der Waals surface area contributed by atoms with Gasteiger partial charge in [-0.15, -0.1) is 11.3 Å². The zero-order chi connectivity index (χ0) is 13.1. The maximum absolute atomic E-state index is 12.3. The largest absolute Gasteiger partial charge is 0.337 e. The number of hydrogen-bond donors (Lipinski definition) is 0. The van der Waals surface area contributed by atoms with Crippen molar-refractivity contribution in [1.82, 2.24) is 19.9 Å². The second kappa shape index (κ2) is 5.44. The van der Waals surface area contributed by atoms with E-state index in [0.29, 0.717) is 12.2 Å². The Morgan fingerprint density at radius 2 is 2.32 bits per heavy atom. The predicted octanol–water partition coefficient (Wildman–Crippen LogP) is 1.95. The van der Waals surface area contributed by atoms with Crippen molar-refractivity contribution in [3.63, 3.8) is 0 Å². The first-order valence-electron chi connectivity index (χ1n) is 6.28. The molecule has 1 aliphatic rings. The van der Waals surface area contributed by atoms with Gasteiger partial charge in [0.25, 0.3) is 5.91 Å². The van der Waals surface area contributed by atoms with Gasteiger partial charge in [0.15, 0.2) is 0 Å². The van der Waals surface area contributed by atoms with Gasteiger partial charge in [-0.3, -0.25) is 14.8 Å². The summed E-state index contributed by atoms with van der Waals surface area (Å²) in [6, 6.07) is 0. The number of amides is 1. The molecular weight excluding hydrogens is 260 g/mol. The number of aromatic nitrogens is 3. The summed E-state index contributed by atoms with van der Waals surface area (Å²) in [5, 5.41) is 1.80. The molecule has 5 nitrogen and oxygen atoms in total. The molecule has 1 fully saturated rings. The first kappa shape index (κ1) is 12.2. The molecule has 2 aromatic heterocycles. The lowest BCUT2D eigenvalue weighted by Crippen LogP contribution is -2.39. The van der Waals surface area contributed by atoms with Crippen molar-refractivity contribution >= 4 is 17.2 Å². The van der Waals surface area contributed by atoms with Crippen LogP contribution in [0.5, 0.6) is 0 Å². The van der Waals surface area contributed by atoms with Gasteiger partial charge in [0.2, 0.25) is 0 Å². The van der Waals surface area contributed by atoms with E-state index in [1.54, 1.807) is 29.5 Å². The maximum atomic E-state index is 12.3. The second-order valence-corrected chi connectivity index (χ2v) is 5.31. The monoisotopic (exact) mass is 274 g/mol. The lowest BCUT2D eigenvalue weighted by molar-refractivity contribution is 0.0700. The van der Waals surface area contributed by atoms with E-state index in [1.807, 2.05) is 4.90 Å². The highest BCUT2D eigenvalue weighted by atomic mass is 32.1. The lowest BCUT2D eigenvalue weighted by Gasteiger charge is -2.31. The van der Waals surface area contributed by atoms with Crippen molar-refractivity contribution in [3.8, 4) is 0 Å². The van der Waals surface area contributed by atoms with Gasteiger partial charge in [-0.1, -0.05) is 0 Å². The van der Waals surface area contributed by atoms with Crippen LogP contribution in [0.1, 0.15) is 34.9 Å². The Morgan fingerprint density at radius 1 is 1.37 bits per heavy atom. The van der Waals surface area contributed by atoms with Crippen LogP contribution in [0.25, 0.3) is 0 Å². The fourth-order valence-electron chi connectivity index (χ4n) is 2.40. The van der Waals surface area contributed by atoms with Crippen molar-refractivity contribution in [2.45, 2.75) is 18.8 Å². The molecule has 1 amide bonds. The minimum absolute atomic E-state index is 0.0230. The third kappa shape index (κ3) is 2.63. The van der Waals surface area contributed by atoms with Crippen LogP contribution in [0.4, 0.5) is 0 Å². The van der Waals surface area contributed by atoms with E-state index in [-0.39, 0.29) is 11.8 Å². The molecule has 2 aromatic rings. The molecule has 3 rings (SSSR count). The Balaban J connectivity index is 1.73. The highest BCUT2D eigenvalue weighted by Crippen LogP contribution is 2.25. The molecule has 19 heavy (non-hydrogen) atoms. The molecule has 6 heteroatoms. The van der Waals surface area contributed by atoms with E-state index < -0.39 is 0 Å². The van der Waals surface area contributed by atoms with Gasteiger partial charge >= 0.3 is 0 Å². The summed E-state index contributed by atoms with van der Waals surface area (Å²) in [6.45, 7) is 1.50.